The molecule has 1 heterocycles. The summed E-state index contributed by atoms with van der Waals surface area (Å²) >= 11 is 0. The standard InChI is InChI=1S/C19H28N2O5S/c1-13-11-21(14(2)12-22)27(24,25)19-8-7-16(6-5-15(3)23)9-17(19)26-18(13)10-20-4/h7-9,13-15,18,20,22-23H,10-12H2,1-4H3/t13-,14-,15+,18+/m0/s1. The fourth-order valence-corrected chi connectivity index (χ4v) is 4.76. The highest BCUT2D eigenvalue weighted by atomic mass is 32.2. The van der Waals surface area contributed by atoms with Crippen molar-refractivity contribution >= 4 is 10.0 Å². The highest BCUT2D eigenvalue weighted by Gasteiger charge is 2.37. The van der Waals surface area contributed by atoms with Crippen molar-refractivity contribution < 1.29 is 23.4 Å². The summed E-state index contributed by atoms with van der Waals surface area (Å²) in [6.07, 6.45) is -1.03. The van der Waals surface area contributed by atoms with Gasteiger partial charge in [-0.15, -0.1) is 0 Å². The number of hydrogen-bond donors (Lipinski definition) is 3. The molecule has 0 radical (unpaired) electrons. The average Bonchev–Trinajstić information content (AvgIpc) is 2.62. The van der Waals surface area contributed by atoms with Gasteiger partial charge in [0.1, 0.15) is 22.9 Å². The van der Waals surface area contributed by atoms with E-state index in [9.17, 15) is 18.6 Å². The third-order valence-corrected chi connectivity index (χ3v) is 6.52. The first kappa shape index (κ1) is 21.7. The van der Waals surface area contributed by atoms with Gasteiger partial charge < -0.3 is 20.3 Å². The van der Waals surface area contributed by atoms with E-state index in [0.29, 0.717) is 12.1 Å². The zero-order valence-electron chi connectivity index (χ0n) is 16.1. The number of sulfonamides is 1. The average molecular weight is 397 g/mol. The molecule has 8 heteroatoms. The molecule has 0 bridgehead atoms. The molecule has 4 atom stereocenters. The Kier molecular flexibility index (Phi) is 7.25. The molecule has 0 amide bonds. The van der Waals surface area contributed by atoms with Gasteiger partial charge in [-0.2, -0.15) is 4.31 Å². The Bertz CT molecular complexity index is 813. The van der Waals surface area contributed by atoms with Crippen molar-refractivity contribution in [3.8, 4) is 17.6 Å². The van der Waals surface area contributed by atoms with Crippen molar-refractivity contribution in [2.24, 2.45) is 5.92 Å². The molecule has 1 aromatic rings. The van der Waals surface area contributed by atoms with E-state index < -0.39 is 22.2 Å². The monoisotopic (exact) mass is 396 g/mol. The molecule has 0 aliphatic carbocycles. The van der Waals surface area contributed by atoms with E-state index in [4.69, 9.17) is 4.74 Å². The predicted octanol–water partition coefficient (Wildman–Crippen LogP) is 0.407. The summed E-state index contributed by atoms with van der Waals surface area (Å²) in [6, 6.07) is 4.10. The molecule has 0 saturated heterocycles. The molecule has 27 heavy (non-hydrogen) atoms. The zero-order valence-corrected chi connectivity index (χ0v) is 17.0. The Morgan fingerprint density at radius 1 is 1.41 bits per heavy atom. The van der Waals surface area contributed by atoms with Gasteiger partial charge in [-0.25, -0.2) is 8.42 Å². The van der Waals surface area contributed by atoms with Crippen LogP contribution in [0.1, 0.15) is 26.3 Å². The third kappa shape index (κ3) is 5.00. The number of aliphatic hydroxyl groups excluding tert-OH is 2. The zero-order chi connectivity index (χ0) is 20.2. The van der Waals surface area contributed by atoms with Gasteiger partial charge in [0.05, 0.1) is 6.61 Å². The van der Waals surface area contributed by atoms with Crippen LogP contribution in [0.2, 0.25) is 0 Å². The van der Waals surface area contributed by atoms with E-state index in [1.54, 1.807) is 26.0 Å². The maximum atomic E-state index is 13.2. The molecule has 7 nitrogen and oxygen atoms in total. The smallest absolute Gasteiger partial charge is 0.247 e. The lowest BCUT2D eigenvalue weighted by Crippen LogP contribution is -2.49. The maximum absolute atomic E-state index is 13.2. The number of aliphatic hydroxyl groups is 2. The van der Waals surface area contributed by atoms with E-state index in [1.807, 2.05) is 14.0 Å². The topological polar surface area (TPSA) is 99.1 Å². The minimum absolute atomic E-state index is 0.0541. The summed E-state index contributed by atoms with van der Waals surface area (Å²) in [4.78, 5) is 0.0541. The third-order valence-electron chi connectivity index (χ3n) is 4.50. The SMILES string of the molecule is CNC[C@H]1Oc2cc(C#C[C@@H](C)O)ccc2S(=O)(=O)N([C@@H](C)CO)C[C@@H]1C. The largest absolute Gasteiger partial charge is 0.487 e. The van der Waals surface area contributed by atoms with Crippen molar-refractivity contribution in [3.05, 3.63) is 23.8 Å². The number of hydrogen-bond acceptors (Lipinski definition) is 6. The van der Waals surface area contributed by atoms with Gasteiger partial charge in [0, 0.05) is 30.6 Å². The predicted molar refractivity (Wildman–Crippen MR) is 103 cm³/mol. The highest BCUT2D eigenvalue weighted by Crippen LogP contribution is 2.33. The Labute approximate surface area is 161 Å². The van der Waals surface area contributed by atoms with Crippen LogP contribution in [0.15, 0.2) is 23.1 Å². The highest BCUT2D eigenvalue weighted by molar-refractivity contribution is 7.89. The second kappa shape index (κ2) is 9.04. The number of benzene rings is 1. The van der Waals surface area contributed by atoms with Gasteiger partial charge >= 0.3 is 0 Å². The first-order valence-electron chi connectivity index (χ1n) is 8.98. The Morgan fingerprint density at radius 2 is 2.11 bits per heavy atom. The van der Waals surface area contributed by atoms with Crippen molar-refractivity contribution in [2.45, 2.75) is 43.9 Å². The summed E-state index contributed by atoms with van der Waals surface area (Å²) in [5.41, 5.74) is 0.558. The number of fused-ring (bicyclic) bond motifs is 1. The number of likely N-dealkylation sites (N-methyl/N-ethyl adjacent to an activating group) is 1. The Balaban J connectivity index is 2.60. The van der Waals surface area contributed by atoms with Gasteiger partial charge in [0.2, 0.25) is 10.0 Å². The van der Waals surface area contributed by atoms with E-state index in [1.165, 1.54) is 10.4 Å². The molecule has 150 valence electrons. The minimum atomic E-state index is -3.84. The van der Waals surface area contributed by atoms with Crippen LogP contribution in [0.3, 0.4) is 0 Å². The van der Waals surface area contributed by atoms with Crippen LogP contribution in [0.5, 0.6) is 5.75 Å². The number of nitrogens with zero attached hydrogens (tertiary/aromatic N) is 1. The lowest BCUT2D eigenvalue weighted by Gasteiger charge is -2.36. The van der Waals surface area contributed by atoms with Crippen LogP contribution in [0, 0.1) is 17.8 Å². The van der Waals surface area contributed by atoms with Crippen molar-refractivity contribution in [2.75, 3.05) is 26.7 Å². The quantitative estimate of drug-likeness (QED) is 0.638. The summed E-state index contributed by atoms with van der Waals surface area (Å²) in [5.74, 6) is 5.60. The van der Waals surface area contributed by atoms with Crippen LogP contribution < -0.4 is 10.1 Å². The van der Waals surface area contributed by atoms with Gasteiger partial charge in [0.25, 0.3) is 0 Å². The Hall–Kier alpha value is -1.63. The van der Waals surface area contributed by atoms with Gasteiger partial charge in [-0.1, -0.05) is 18.8 Å². The van der Waals surface area contributed by atoms with Crippen LogP contribution in [0.4, 0.5) is 0 Å². The lowest BCUT2D eigenvalue weighted by atomic mass is 10.0. The first-order valence-corrected chi connectivity index (χ1v) is 10.4. The minimum Gasteiger partial charge on any atom is -0.487 e. The molecule has 3 N–H and O–H groups in total. The van der Waals surface area contributed by atoms with Crippen LogP contribution in [-0.4, -0.2) is 67.9 Å². The summed E-state index contributed by atoms with van der Waals surface area (Å²) < 4.78 is 33.8. The van der Waals surface area contributed by atoms with E-state index in [-0.39, 0.29) is 35.8 Å². The molecule has 0 fully saturated rings. The summed E-state index contributed by atoms with van der Waals surface area (Å²) in [5, 5.41) is 22.0. The molecule has 0 spiro atoms. The molecule has 0 unspecified atom stereocenters. The molecule has 1 aromatic carbocycles. The first-order chi connectivity index (χ1) is 12.7. The van der Waals surface area contributed by atoms with E-state index >= 15 is 0 Å². The normalized spacial score (nSPS) is 24.4. The number of rotatable bonds is 4. The molecule has 1 aliphatic heterocycles. The van der Waals surface area contributed by atoms with Crippen LogP contribution >= 0.6 is 0 Å². The van der Waals surface area contributed by atoms with Crippen molar-refractivity contribution in [1.29, 1.82) is 0 Å². The van der Waals surface area contributed by atoms with E-state index in [0.717, 1.165) is 0 Å². The maximum Gasteiger partial charge on any atom is 0.247 e. The summed E-state index contributed by atoms with van der Waals surface area (Å²) in [6.45, 7) is 5.70. The van der Waals surface area contributed by atoms with E-state index in [2.05, 4.69) is 17.2 Å². The van der Waals surface area contributed by atoms with Gasteiger partial charge in [0.15, 0.2) is 0 Å². The molecular weight excluding hydrogens is 368 g/mol. The fraction of sp³-hybridized carbons (Fsp3) is 0.579. The lowest BCUT2D eigenvalue weighted by molar-refractivity contribution is 0.103. The van der Waals surface area contributed by atoms with Crippen LogP contribution in [0.25, 0.3) is 0 Å². The number of nitrogens with one attached hydrogen (secondary N) is 1. The van der Waals surface area contributed by atoms with Crippen molar-refractivity contribution in [3.63, 3.8) is 0 Å². The molecule has 2 rings (SSSR count). The van der Waals surface area contributed by atoms with Crippen molar-refractivity contribution in [1.82, 2.24) is 9.62 Å². The number of ether oxygens (including phenoxy) is 1. The fourth-order valence-electron chi connectivity index (χ4n) is 2.94. The Morgan fingerprint density at radius 3 is 2.70 bits per heavy atom. The molecule has 1 aliphatic rings. The summed E-state index contributed by atoms with van der Waals surface area (Å²) in [7, 11) is -2.03. The van der Waals surface area contributed by atoms with Gasteiger partial charge in [-0.05, 0) is 39.1 Å². The molecule has 0 saturated carbocycles. The molecular formula is C19H28N2O5S. The second-order valence-electron chi connectivity index (χ2n) is 6.90. The van der Waals surface area contributed by atoms with Gasteiger partial charge in [-0.3, -0.25) is 0 Å². The van der Waals surface area contributed by atoms with Crippen LogP contribution in [-0.2, 0) is 10.0 Å². The second-order valence-corrected chi connectivity index (χ2v) is 8.76. The molecule has 0 aromatic heterocycles.